The average Bonchev–Trinajstić information content (AvgIpc) is 3.07. The van der Waals surface area contributed by atoms with Crippen LogP contribution in [0.1, 0.15) is 30.2 Å². The molecular formula is C15H18IN2OS2+. The number of ether oxygens (including phenoxy) is 1. The van der Waals surface area contributed by atoms with Gasteiger partial charge in [0.15, 0.2) is 0 Å². The third kappa shape index (κ3) is 2.37. The van der Waals surface area contributed by atoms with Crippen LogP contribution in [0.25, 0.3) is 10.2 Å². The van der Waals surface area contributed by atoms with Crippen molar-refractivity contribution in [3.05, 3.63) is 10.4 Å². The summed E-state index contributed by atoms with van der Waals surface area (Å²) in [6.07, 6.45) is 5.35. The van der Waals surface area contributed by atoms with Crippen LogP contribution >= 0.6 is 45.7 Å². The van der Waals surface area contributed by atoms with Crippen LogP contribution in [0.3, 0.4) is 0 Å². The predicted octanol–water partition coefficient (Wildman–Crippen LogP) is 3.77. The summed E-state index contributed by atoms with van der Waals surface area (Å²) in [5.74, 6) is 2.15. The number of rotatable bonds is 3. The lowest BCUT2D eigenvalue weighted by atomic mass is 9.97. The van der Waals surface area contributed by atoms with Gasteiger partial charge in [-0.3, -0.25) is 0 Å². The molecular weight excluding hydrogens is 415 g/mol. The molecule has 0 saturated carbocycles. The molecule has 1 aliphatic carbocycles. The van der Waals surface area contributed by atoms with Gasteiger partial charge in [0, 0.05) is 15.1 Å². The molecule has 6 heteroatoms. The number of hydrogen-bond acceptors (Lipinski definition) is 4. The smallest absolute Gasteiger partial charge is 0.363 e. The summed E-state index contributed by atoms with van der Waals surface area (Å²) in [6, 6.07) is 0. The SMILES string of the molecule is CCSc1nc2sc3c(c2c2[n+]1CC(CI)O2)CCCC3. The summed E-state index contributed by atoms with van der Waals surface area (Å²) in [4.78, 5) is 7.71. The molecule has 4 rings (SSSR count). The average molecular weight is 433 g/mol. The molecule has 0 saturated heterocycles. The Morgan fingerprint density at radius 3 is 3.10 bits per heavy atom. The van der Waals surface area contributed by atoms with E-state index in [-0.39, 0.29) is 0 Å². The molecule has 3 heterocycles. The second kappa shape index (κ2) is 5.85. The van der Waals surface area contributed by atoms with Gasteiger partial charge in [0.2, 0.25) is 4.83 Å². The van der Waals surface area contributed by atoms with E-state index < -0.39 is 0 Å². The van der Waals surface area contributed by atoms with Gasteiger partial charge in [0.25, 0.3) is 5.88 Å². The molecule has 112 valence electrons. The standard InChI is InChI=1S/C15H18IN2OS2/c1-2-20-15-17-13-12(10-5-3-4-6-11(10)21-13)14-18(15)8-9(7-16)19-14/h9H,2-8H2,1H3/q+1. The maximum absolute atomic E-state index is 6.29. The van der Waals surface area contributed by atoms with Crippen molar-refractivity contribution in [1.82, 2.24) is 4.98 Å². The molecule has 2 aliphatic rings. The summed E-state index contributed by atoms with van der Waals surface area (Å²) in [5.41, 5.74) is 1.53. The molecule has 21 heavy (non-hydrogen) atoms. The Hall–Kier alpha value is -0.0800. The third-order valence-electron chi connectivity index (χ3n) is 4.15. The number of fused-ring (bicyclic) bond motifs is 5. The van der Waals surface area contributed by atoms with Crippen molar-refractivity contribution in [2.24, 2.45) is 0 Å². The summed E-state index contributed by atoms with van der Waals surface area (Å²) in [6.45, 7) is 3.14. The number of hydrogen-bond donors (Lipinski definition) is 0. The maximum atomic E-state index is 6.29. The zero-order chi connectivity index (χ0) is 14.4. The van der Waals surface area contributed by atoms with Crippen LogP contribution in [0.15, 0.2) is 5.16 Å². The summed E-state index contributed by atoms with van der Waals surface area (Å²) in [7, 11) is 0. The monoisotopic (exact) mass is 433 g/mol. The van der Waals surface area contributed by atoms with E-state index in [0.29, 0.717) is 6.10 Å². The van der Waals surface area contributed by atoms with Crippen LogP contribution in [0.5, 0.6) is 5.88 Å². The van der Waals surface area contributed by atoms with E-state index in [1.165, 1.54) is 41.5 Å². The van der Waals surface area contributed by atoms with Gasteiger partial charge in [-0.1, -0.05) is 40.9 Å². The molecule has 0 fully saturated rings. The number of thiophene rings is 1. The van der Waals surface area contributed by atoms with Crippen molar-refractivity contribution in [3.8, 4) is 5.88 Å². The van der Waals surface area contributed by atoms with Crippen molar-refractivity contribution in [3.63, 3.8) is 0 Å². The Morgan fingerprint density at radius 2 is 2.29 bits per heavy atom. The van der Waals surface area contributed by atoms with Crippen molar-refractivity contribution in [1.29, 1.82) is 0 Å². The number of aromatic nitrogens is 2. The highest BCUT2D eigenvalue weighted by Crippen LogP contribution is 2.41. The Balaban J connectivity index is 1.95. The van der Waals surface area contributed by atoms with E-state index in [1.54, 1.807) is 4.88 Å². The lowest BCUT2D eigenvalue weighted by Gasteiger charge is -2.10. The number of aryl methyl sites for hydroxylation is 2. The molecule has 2 aromatic heterocycles. The van der Waals surface area contributed by atoms with E-state index >= 15 is 0 Å². The lowest BCUT2D eigenvalue weighted by molar-refractivity contribution is -0.720. The van der Waals surface area contributed by atoms with Gasteiger partial charge < -0.3 is 4.74 Å². The molecule has 1 unspecified atom stereocenters. The summed E-state index contributed by atoms with van der Waals surface area (Å²) >= 11 is 6.15. The van der Waals surface area contributed by atoms with Gasteiger partial charge in [-0.2, -0.15) is 4.57 Å². The highest BCUT2D eigenvalue weighted by molar-refractivity contribution is 14.1. The van der Waals surface area contributed by atoms with Crippen LogP contribution in [-0.4, -0.2) is 21.3 Å². The van der Waals surface area contributed by atoms with E-state index in [9.17, 15) is 0 Å². The molecule has 0 amide bonds. The highest BCUT2D eigenvalue weighted by Gasteiger charge is 2.36. The van der Waals surface area contributed by atoms with Crippen LogP contribution in [-0.2, 0) is 19.4 Å². The van der Waals surface area contributed by atoms with E-state index in [2.05, 4.69) is 34.1 Å². The van der Waals surface area contributed by atoms with Gasteiger partial charge in [-0.05, 0) is 48.0 Å². The molecule has 0 N–H and O–H groups in total. The Morgan fingerprint density at radius 1 is 1.43 bits per heavy atom. The molecule has 1 atom stereocenters. The Kier molecular flexibility index (Phi) is 4.04. The van der Waals surface area contributed by atoms with E-state index in [1.807, 2.05) is 23.1 Å². The second-order valence-corrected chi connectivity index (χ2v) is 8.72. The van der Waals surface area contributed by atoms with Gasteiger partial charge >= 0.3 is 5.16 Å². The Labute approximate surface area is 146 Å². The van der Waals surface area contributed by atoms with Gasteiger partial charge in [-0.25, -0.2) is 0 Å². The summed E-state index contributed by atoms with van der Waals surface area (Å²) < 4.78 is 9.64. The minimum Gasteiger partial charge on any atom is -0.453 e. The first-order valence-corrected chi connectivity index (χ1v) is 10.9. The number of nitrogens with zero attached hydrogens (tertiary/aromatic N) is 2. The zero-order valence-corrected chi connectivity index (χ0v) is 15.8. The van der Waals surface area contributed by atoms with Crippen molar-refractivity contribution in [2.45, 2.75) is 50.4 Å². The first-order valence-electron chi connectivity index (χ1n) is 7.55. The highest BCUT2D eigenvalue weighted by atomic mass is 127. The summed E-state index contributed by atoms with van der Waals surface area (Å²) in [5, 5.41) is 2.45. The Bertz CT molecular complexity index is 701. The van der Waals surface area contributed by atoms with Crippen LogP contribution in [0.2, 0.25) is 0 Å². The van der Waals surface area contributed by atoms with E-state index in [0.717, 1.165) is 27.8 Å². The van der Waals surface area contributed by atoms with Crippen molar-refractivity contribution < 1.29 is 9.30 Å². The lowest BCUT2D eigenvalue weighted by Crippen LogP contribution is -2.36. The predicted molar refractivity (Wildman–Crippen MR) is 96.2 cm³/mol. The molecule has 1 aliphatic heterocycles. The molecule has 0 radical (unpaired) electrons. The van der Waals surface area contributed by atoms with Crippen LogP contribution in [0.4, 0.5) is 0 Å². The molecule has 0 spiro atoms. The minimum absolute atomic E-state index is 0.299. The second-order valence-electron chi connectivity index (χ2n) is 5.53. The van der Waals surface area contributed by atoms with Crippen molar-refractivity contribution in [2.75, 3.05) is 10.2 Å². The van der Waals surface area contributed by atoms with Gasteiger partial charge in [-0.15, -0.1) is 0 Å². The first-order chi connectivity index (χ1) is 10.3. The first kappa shape index (κ1) is 14.5. The fourth-order valence-electron chi connectivity index (χ4n) is 3.22. The fourth-order valence-corrected chi connectivity index (χ4v) is 5.72. The van der Waals surface area contributed by atoms with Gasteiger partial charge in [0.05, 0.1) is 0 Å². The third-order valence-corrected chi connectivity index (χ3v) is 7.18. The largest absolute Gasteiger partial charge is 0.453 e. The normalized spacial score (nSPS) is 20.4. The molecule has 3 nitrogen and oxygen atoms in total. The number of halogens is 1. The number of thioether (sulfide) groups is 1. The van der Waals surface area contributed by atoms with Crippen LogP contribution < -0.4 is 9.30 Å². The molecule has 0 aromatic carbocycles. The number of alkyl halides is 1. The minimum atomic E-state index is 0.299. The fraction of sp³-hybridized carbons (Fsp3) is 0.600. The topological polar surface area (TPSA) is 26.0 Å². The molecule has 0 bridgehead atoms. The molecule has 2 aromatic rings. The van der Waals surface area contributed by atoms with Crippen LogP contribution in [0, 0.1) is 0 Å². The zero-order valence-electron chi connectivity index (χ0n) is 12.0. The van der Waals surface area contributed by atoms with Gasteiger partial charge in [0.1, 0.15) is 18.0 Å². The quantitative estimate of drug-likeness (QED) is 0.242. The van der Waals surface area contributed by atoms with Crippen molar-refractivity contribution >= 4 is 55.9 Å². The van der Waals surface area contributed by atoms with E-state index in [4.69, 9.17) is 9.72 Å². The maximum Gasteiger partial charge on any atom is 0.363 e.